The second kappa shape index (κ2) is 6.19. The van der Waals surface area contributed by atoms with Crippen LogP contribution in [0.4, 0.5) is 0 Å². The first-order valence-corrected chi connectivity index (χ1v) is 7.70. The normalized spacial score (nSPS) is 12.1. The van der Waals surface area contributed by atoms with Gasteiger partial charge in [0.05, 0.1) is 0 Å². The fraction of sp³-hybridized carbons (Fsp3) is 0.100. The van der Waals surface area contributed by atoms with E-state index in [4.69, 9.17) is 0 Å². The predicted molar refractivity (Wildman–Crippen MR) is 94.7 cm³/mol. The quantitative estimate of drug-likeness (QED) is 0.561. The van der Waals surface area contributed by atoms with Crippen molar-refractivity contribution < 1.29 is 0 Å². The first kappa shape index (κ1) is 14.0. The van der Waals surface area contributed by atoms with Crippen molar-refractivity contribution in [3.63, 3.8) is 0 Å². The van der Waals surface area contributed by atoms with Crippen molar-refractivity contribution in [3.05, 3.63) is 84.4 Å². The molecule has 0 nitrogen and oxygen atoms in total. The highest BCUT2D eigenvalue weighted by Gasteiger charge is 2.10. The zero-order chi connectivity index (χ0) is 14.7. The molecule has 0 heterocycles. The van der Waals surface area contributed by atoms with E-state index in [9.17, 15) is 0 Å². The lowest BCUT2D eigenvalue weighted by Crippen LogP contribution is -1.92. The van der Waals surface area contributed by atoms with Gasteiger partial charge in [-0.1, -0.05) is 72.8 Å². The molecule has 0 aliphatic carbocycles. The van der Waals surface area contributed by atoms with Gasteiger partial charge >= 0.3 is 0 Å². The first-order chi connectivity index (χ1) is 10.3. The fourth-order valence-electron chi connectivity index (χ4n) is 2.60. The van der Waals surface area contributed by atoms with Crippen LogP contribution in [-0.4, -0.2) is 0 Å². The molecule has 0 radical (unpaired) electrons. The van der Waals surface area contributed by atoms with Gasteiger partial charge in [0.25, 0.3) is 0 Å². The van der Waals surface area contributed by atoms with Crippen LogP contribution in [0.3, 0.4) is 0 Å². The Morgan fingerprint density at radius 2 is 1.24 bits per heavy atom. The molecule has 3 aromatic rings. The molecule has 0 aromatic heterocycles. The van der Waals surface area contributed by atoms with E-state index in [0.717, 1.165) is 0 Å². The third kappa shape index (κ3) is 3.03. The summed E-state index contributed by atoms with van der Waals surface area (Å²) in [6, 6.07) is 27.7. The van der Waals surface area contributed by atoms with Gasteiger partial charge in [-0.3, -0.25) is 0 Å². The van der Waals surface area contributed by atoms with Crippen LogP contribution in [0.5, 0.6) is 0 Å². The summed E-state index contributed by atoms with van der Waals surface area (Å²) >= 11 is 4.63. The van der Waals surface area contributed by atoms with Gasteiger partial charge in [0.1, 0.15) is 0 Å². The number of hydrogen-bond donors (Lipinski definition) is 1. The molecule has 0 aliphatic rings. The Balaban J connectivity index is 2.16. The summed E-state index contributed by atoms with van der Waals surface area (Å²) < 4.78 is 0. The Morgan fingerprint density at radius 3 is 1.81 bits per heavy atom. The Hall–Kier alpha value is -1.99. The lowest BCUT2D eigenvalue weighted by Gasteiger charge is -2.15. The molecular formula is C20H18S. The van der Waals surface area contributed by atoms with E-state index in [2.05, 4.69) is 86.3 Å². The monoisotopic (exact) mass is 290 g/mol. The van der Waals surface area contributed by atoms with Crippen LogP contribution in [-0.2, 0) is 0 Å². The number of rotatable bonds is 3. The summed E-state index contributed by atoms with van der Waals surface area (Å²) in [5.41, 5.74) is 6.26. The van der Waals surface area contributed by atoms with Gasteiger partial charge in [0.2, 0.25) is 0 Å². The Labute approximate surface area is 131 Å². The van der Waals surface area contributed by atoms with Crippen molar-refractivity contribution in [2.75, 3.05) is 0 Å². The molecule has 1 unspecified atom stereocenters. The smallest absolute Gasteiger partial charge is 0.0245 e. The lowest BCUT2D eigenvalue weighted by molar-refractivity contribution is 1.11. The van der Waals surface area contributed by atoms with Crippen LogP contribution in [0, 0.1) is 0 Å². The summed E-state index contributed by atoms with van der Waals surface area (Å²) in [6.07, 6.45) is 0. The van der Waals surface area contributed by atoms with Crippen LogP contribution in [0.15, 0.2) is 78.9 Å². The fourth-order valence-corrected chi connectivity index (χ4v) is 2.82. The van der Waals surface area contributed by atoms with Gasteiger partial charge in [-0.15, -0.1) is 0 Å². The van der Waals surface area contributed by atoms with Crippen molar-refractivity contribution in [1.29, 1.82) is 0 Å². The third-order valence-electron chi connectivity index (χ3n) is 3.70. The molecule has 104 valence electrons. The van der Waals surface area contributed by atoms with Crippen molar-refractivity contribution in [1.82, 2.24) is 0 Å². The number of hydrogen-bond acceptors (Lipinski definition) is 1. The van der Waals surface area contributed by atoms with E-state index in [1.165, 1.54) is 27.8 Å². The molecule has 1 atom stereocenters. The molecule has 0 fully saturated rings. The highest BCUT2D eigenvalue weighted by atomic mass is 32.1. The second-order valence-corrected chi connectivity index (χ2v) is 5.98. The number of benzene rings is 3. The van der Waals surface area contributed by atoms with E-state index in [-0.39, 0.29) is 5.25 Å². The molecule has 21 heavy (non-hydrogen) atoms. The summed E-state index contributed by atoms with van der Waals surface area (Å²) in [5, 5.41) is 0.213. The Morgan fingerprint density at radius 1 is 0.667 bits per heavy atom. The van der Waals surface area contributed by atoms with Gasteiger partial charge in [-0.05, 0) is 40.8 Å². The summed E-state index contributed by atoms with van der Waals surface area (Å²) in [5.74, 6) is 0. The van der Waals surface area contributed by atoms with Crippen LogP contribution in [0.2, 0.25) is 0 Å². The highest BCUT2D eigenvalue weighted by Crippen LogP contribution is 2.34. The average Bonchev–Trinajstić information content (AvgIpc) is 2.56. The number of thiol groups is 1. The minimum absolute atomic E-state index is 0.213. The predicted octanol–water partition coefficient (Wildman–Crippen LogP) is 6.01. The maximum absolute atomic E-state index is 4.63. The largest absolute Gasteiger partial charge is 0.171 e. The average molecular weight is 290 g/mol. The summed E-state index contributed by atoms with van der Waals surface area (Å²) in [4.78, 5) is 0. The minimum Gasteiger partial charge on any atom is -0.171 e. The van der Waals surface area contributed by atoms with Crippen molar-refractivity contribution in [3.8, 4) is 22.3 Å². The first-order valence-electron chi connectivity index (χ1n) is 7.18. The third-order valence-corrected chi connectivity index (χ3v) is 3.97. The molecule has 0 spiro atoms. The zero-order valence-corrected chi connectivity index (χ0v) is 12.9. The van der Waals surface area contributed by atoms with Gasteiger partial charge in [-0.2, -0.15) is 12.6 Å². The van der Waals surface area contributed by atoms with Gasteiger partial charge in [-0.25, -0.2) is 0 Å². The molecule has 0 amide bonds. The van der Waals surface area contributed by atoms with E-state index >= 15 is 0 Å². The topological polar surface area (TPSA) is 0 Å². The molecule has 3 rings (SSSR count). The standard InChI is InChI=1S/C20H18S/c1-15(21)19-13-12-18(16-8-4-2-5-9-16)14-20(19)17-10-6-3-7-11-17/h2-15,21H,1H3. The summed E-state index contributed by atoms with van der Waals surface area (Å²) in [7, 11) is 0. The molecule has 0 aliphatic heterocycles. The maximum atomic E-state index is 4.63. The van der Waals surface area contributed by atoms with E-state index in [0.29, 0.717) is 0 Å². The van der Waals surface area contributed by atoms with Gasteiger partial charge < -0.3 is 0 Å². The summed E-state index contributed by atoms with van der Waals surface area (Å²) in [6.45, 7) is 2.12. The van der Waals surface area contributed by atoms with Crippen LogP contribution in [0.1, 0.15) is 17.7 Å². The Kier molecular flexibility index (Phi) is 4.12. The Bertz CT molecular complexity index is 715. The van der Waals surface area contributed by atoms with Crippen molar-refractivity contribution in [2.45, 2.75) is 12.2 Å². The van der Waals surface area contributed by atoms with Crippen LogP contribution < -0.4 is 0 Å². The molecule has 0 bridgehead atoms. The SMILES string of the molecule is CC(S)c1ccc(-c2ccccc2)cc1-c1ccccc1. The van der Waals surface area contributed by atoms with Crippen molar-refractivity contribution >= 4 is 12.6 Å². The molecule has 0 saturated carbocycles. The molecule has 1 heteroatoms. The van der Waals surface area contributed by atoms with Crippen LogP contribution in [0.25, 0.3) is 22.3 Å². The van der Waals surface area contributed by atoms with E-state index in [1.54, 1.807) is 0 Å². The van der Waals surface area contributed by atoms with Gasteiger partial charge in [0.15, 0.2) is 0 Å². The highest BCUT2D eigenvalue weighted by molar-refractivity contribution is 7.80. The second-order valence-electron chi connectivity index (χ2n) is 5.21. The molecule has 0 N–H and O–H groups in total. The maximum Gasteiger partial charge on any atom is 0.0245 e. The minimum atomic E-state index is 0.213. The van der Waals surface area contributed by atoms with E-state index in [1.807, 2.05) is 12.1 Å². The zero-order valence-electron chi connectivity index (χ0n) is 12.0. The van der Waals surface area contributed by atoms with Gasteiger partial charge in [0, 0.05) is 5.25 Å². The molecular weight excluding hydrogens is 272 g/mol. The van der Waals surface area contributed by atoms with E-state index < -0.39 is 0 Å². The molecule has 3 aromatic carbocycles. The van der Waals surface area contributed by atoms with Crippen molar-refractivity contribution in [2.24, 2.45) is 0 Å². The lowest BCUT2D eigenvalue weighted by atomic mass is 9.93. The molecule has 0 saturated heterocycles. The van der Waals surface area contributed by atoms with Crippen LogP contribution >= 0.6 is 12.6 Å².